The van der Waals surface area contributed by atoms with Crippen LogP contribution in [0.1, 0.15) is 5.69 Å². The second kappa shape index (κ2) is 4.72. The minimum atomic E-state index is -3.62. The molecule has 0 unspecified atom stereocenters. The average molecular weight is 310 g/mol. The average Bonchev–Trinajstić information content (AvgIpc) is 3.11. The van der Waals surface area contributed by atoms with Crippen LogP contribution in [-0.2, 0) is 10.0 Å². The van der Waals surface area contributed by atoms with Gasteiger partial charge in [0.2, 0.25) is 0 Å². The minimum Gasteiger partial charge on any atom is -0.279 e. The molecule has 0 saturated carbocycles. The van der Waals surface area contributed by atoms with Crippen molar-refractivity contribution in [2.75, 3.05) is 4.72 Å². The summed E-state index contributed by atoms with van der Waals surface area (Å²) < 4.78 is 28.8. The second-order valence-corrected chi connectivity index (χ2v) is 6.81. The number of nitrogens with zero attached hydrogens (tertiary/aromatic N) is 4. The van der Waals surface area contributed by atoms with E-state index in [-0.39, 0.29) is 4.21 Å². The number of rotatable bonds is 4. The number of aryl methyl sites for hydroxylation is 1. The Bertz CT molecular complexity index is 804. The van der Waals surface area contributed by atoms with Crippen LogP contribution in [0.2, 0.25) is 0 Å². The Balaban J connectivity index is 2.02. The van der Waals surface area contributed by atoms with Gasteiger partial charge in [-0.1, -0.05) is 6.07 Å². The molecule has 20 heavy (non-hydrogen) atoms. The fraction of sp³-hybridized carbons (Fsp3) is 0.100. The molecule has 0 aromatic carbocycles. The first-order valence-corrected chi connectivity index (χ1v) is 7.90. The van der Waals surface area contributed by atoms with Crippen molar-refractivity contribution in [3.8, 4) is 5.82 Å². The van der Waals surface area contributed by atoms with Gasteiger partial charge in [0.15, 0.2) is 5.82 Å². The smallest absolute Gasteiger partial charge is 0.271 e. The van der Waals surface area contributed by atoms with Crippen LogP contribution in [0, 0.1) is 6.92 Å². The van der Waals surface area contributed by atoms with Gasteiger partial charge < -0.3 is 0 Å². The molecule has 3 heterocycles. The second-order valence-electron chi connectivity index (χ2n) is 3.95. The molecular weight excluding hydrogens is 300 g/mol. The van der Waals surface area contributed by atoms with E-state index in [0.717, 1.165) is 11.3 Å². The van der Waals surface area contributed by atoms with E-state index in [4.69, 9.17) is 0 Å². The highest BCUT2D eigenvalue weighted by Crippen LogP contribution is 2.26. The van der Waals surface area contributed by atoms with Crippen molar-refractivity contribution in [3.63, 3.8) is 0 Å². The van der Waals surface area contributed by atoms with Gasteiger partial charge in [-0.2, -0.15) is 5.10 Å². The topological polar surface area (TPSA) is 106 Å². The Morgan fingerprint density at radius 2 is 2.10 bits per heavy atom. The van der Waals surface area contributed by atoms with E-state index < -0.39 is 10.0 Å². The minimum absolute atomic E-state index is 0.243. The lowest BCUT2D eigenvalue weighted by Gasteiger charge is -2.07. The first kappa shape index (κ1) is 12.8. The number of aromatic amines is 1. The van der Waals surface area contributed by atoms with Gasteiger partial charge >= 0.3 is 0 Å². The molecule has 2 N–H and O–H groups in total. The SMILES string of the molecule is Cc1[nH]nc(-n2cnnc2)c1NS(=O)(=O)c1cccs1. The molecule has 0 atom stereocenters. The van der Waals surface area contributed by atoms with E-state index in [1.165, 1.54) is 17.2 Å². The summed E-state index contributed by atoms with van der Waals surface area (Å²) in [5.74, 6) is 0.396. The Hall–Kier alpha value is -2.20. The summed E-state index contributed by atoms with van der Waals surface area (Å²) in [6, 6.07) is 3.23. The lowest BCUT2D eigenvalue weighted by atomic mass is 10.4. The van der Waals surface area contributed by atoms with E-state index >= 15 is 0 Å². The van der Waals surface area contributed by atoms with Crippen molar-refractivity contribution in [1.29, 1.82) is 0 Å². The first-order chi connectivity index (χ1) is 9.58. The quantitative estimate of drug-likeness (QED) is 0.752. The molecule has 3 aromatic heterocycles. The Kier molecular flexibility index (Phi) is 3.03. The van der Waals surface area contributed by atoms with Crippen molar-refractivity contribution in [2.24, 2.45) is 0 Å². The molecule has 0 spiro atoms. The zero-order valence-corrected chi connectivity index (χ0v) is 11.9. The van der Waals surface area contributed by atoms with Gasteiger partial charge in [0.05, 0.1) is 5.69 Å². The molecule has 0 aliphatic heterocycles. The molecule has 0 fully saturated rings. The van der Waals surface area contributed by atoms with Crippen molar-refractivity contribution < 1.29 is 8.42 Å². The van der Waals surface area contributed by atoms with Crippen molar-refractivity contribution in [2.45, 2.75) is 11.1 Å². The number of nitrogens with one attached hydrogen (secondary N) is 2. The summed E-state index contributed by atoms with van der Waals surface area (Å²) in [6.45, 7) is 1.73. The number of H-pyrrole nitrogens is 1. The number of hydrogen-bond acceptors (Lipinski definition) is 6. The highest BCUT2D eigenvalue weighted by atomic mass is 32.2. The van der Waals surface area contributed by atoms with Gasteiger partial charge in [0.1, 0.15) is 22.6 Å². The van der Waals surface area contributed by atoms with E-state index in [0.29, 0.717) is 17.2 Å². The lowest BCUT2D eigenvalue weighted by molar-refractivity contribution is 0.603. The fourth-order valence-corrected chi connectivity index (χ4v) is 3.75. The molecule has 3 aromatic rings. The maximum absolute atomic E-state index is 12.3. The standard InChI is InChI=1S/C10H10N6O2S2/c1-7-9(10(14-13-7)16-5-11-12-6-16)15-20(17,18)8-3-2-4-19-8/h2-6,15H,1H3,(H,13,14). The van der Waals surface area contributed by atoms with Crippen molar-refractivity contribution in [3.05, 3.63) is 35.9 Å². The molecule has 0 aliphatic carbocycles. The largest absolute Gasteiger partial charge is 0.279 e. The van der Waals surface area contributed by atoms with Gasteiger partial charge in [0.25, 0.3) is 10.0 Å². The van der Waals surface area contributed by atoms with E-state index in [9.17, 15) is 8.42 Å². The maximum atomic E-state index is 12.3. The number of aromatic nitrogens is 5. The predicted molar refractivity (Wildman–Crippen MR) is 73.4 cm³/mol. The van der Waals surface area contributed by atoms with Crippen LogP contribution in [0.5, 0.6) is 0 Å². The summed E-state index contributed by atoms with van der Waals surface area (Å²) in [7, 11) is -3.62. The van der Waals surface area contributed by atoms with Crippen LogP contribution >= 0.6 is 11.3 Å². The van der Waals surface area contributed by atoms with E-state index in [1.807, 2.05) is 0 Å². The fourth-order valence-electron chi connectivity index (χ4n) is 1.64. The van der Waals surface area contributed by atoms with Gasteiger partial charge in [-0.3, -0.25) is 14.4 Å². The first-order valence-electron chi connectivity index (χ1n) is 5.54. The van der Waals surface area contributed by atoms with Crippen LogP contribution in [-0.4, -0.2) is 33.4 Å². The third-order valence-electron chi connectivity index (χ3n) is 2.59. The molecule has 0 aliphatic rings. The molecule has 0 radical (unpaired) electrons. The molecule has 8 nitrogen and oxygen atoms in total. The molecule has 3 rings (SSSR count). The molecule has 10 heteroatoms. The zero-order chi connectivity index (χ0) is 14.2. The third-order valence-corrected chi connectivity index (χ3v) is 5.33. The number of hydrogen-bond donors (Lipinski definition) is 2. The lowest BCUT2D eigenvalue weighted by Crippen LogP contribution is -2.13. The van der Waals surface area contributed by atoms with Crippen molar-refractivity contribution >= 4 is 27.0 Å². The van der Waals surface area contributed by atoms with Gasteiger partial charge in [-0.05, 0) is 18.4 Å². The van der Waals surface area contributed by atoms with E-state index in [1.54, 1.807) is 24.4 Å². The number of sulfonamides is 1. The Morgan fingerprint density at radius 1 is 1.35 bits per heavy atom. The normalized spacial score (nSPS) is 11.7. The summed E-state index contributed by atoms with van der Waals surface area (Å²) in [4.78, 5) is 0. The van der Waals surface area contributed by atoms with Gasteiger partial charge in [-0.25, -0.2) is 8.42 Å². The van der Waals surface area contributed by atoms with Gasteiger partial charge in [-0.15, -0.1) is 21.5 Å². The highest BCUT2D eigenvalue weighted by Gasteiger charge is 2.21. The Morgan fingerprint density at radius 3 is 2.75 bits per heavy atom. The van der Waals surface area contributed by atoms with Crippen LogP contribution in [0.25, 0.3) is 5.82 Å². The molecular formula is C10H10N6O2S2. The highest BCUT2D eigenvalue weighted by molar-refractivity contribution is 7.94. The van der Waals surface area contributed by atoms with E-state index in [2.05, 4.69) is 25.1 Å². The van der Waals surface area contributed by atoms with Crippen LogP contribution < -0.4 is 4.72 Å². The summed E-state index contributed by atoms with van der Waals surface area (Å²) in [5.41, 5.74) is 0.979. The number of anilines is 1. The predicted octanol–water partition coefficient (Wildman–Crippen LogP) is 1.16. The number of thiophene rings is 1. The van der Waals surface area contributed by atoms with Crippen LogP contribution in [0.4, 0.5) is 5.69 Å². The summed E-state index contributed by atoms with van der Waals surface area (Å²) >= 11 is 1.15. The molecule has 0 saturated heterocycles. The molecule has 0 amide bonds. The van der Waals surface area contributed by atoms with Gasteiger partial charge in [0, 0.05) is 0 Å². The van der Waals surface area contributed by atoms with Crippen molar-refractivity contribution in [1.82, 2.24) is 25.0 Å². The summed E-state index contributed by atoms with van der Waals surface area (Å²) in [5, 5.41) is 15.9. The maximum Gasteiger partial charge on any atom is 0.271 e. The third kappa shape index (κ3) is 2.18. The zero-order valence-electron chi connectivity index (χ0n) is 10.3. The summed E-state index contributed by atoms with van der Waals surface area (Å²) in [6.07, 6.45) is 2.89. The van der Waals surface area contributed by atoms with Crippen LogP contribution in [0.3, 0.4) is 0 Å². The monoisotopic (exact) mass is 310 g/mol. The van der Waals surface area contributed by atoms with Crippen LogP contribution in [0.15, 0.2) is 34.4 Å². The molecule has 0 bridgehead atoms. The molecule has 104 valence electrons. The Labute approximate surface area is 118 Å².